The minimum atomic E-state index is 0.447. The van der Waals surface area contributed by atoms with E-state index in [1.807, 2.05) is 12.3 Å². The van der Waals surface area contributed by atoms with Crippen molar-refractivity contribution in [3.8, 4) is 5.75 Å². The van der Waals surface area contributed by atoms with Crippen LogP contribution in [0.15, 0.2) is 30.5 Å². The maximum Gasteiger partial charge on any atom is 0.188 e. The van der Waals surface area contributed by atoms with Gasteiger partial charge in [-0.05, 0) is 56.0 Å². The number of methoxy groups -OCH3 is 1. The number of hydrogen-bond acceptors (Lipinski definition) is 6. The molecule has 2 N–H and O–H groups in total. The molecule has 1 atom stereocenters. The first-order chi connectivity index (χ1) is 12.2. The number of piperidine rings is 1. The molecule has 2 aromatic heterocycles. The summed E-state index contributed by atoms with van der Waals surface area (Å²) in [6.45, 7) is 4.14. The van der Waals surface area contributed by atoms with E-state index < -0.39 is 0 Å². The molecule has 25 heavy (non-hydrogen) atoms. The van der Waals surface area contributed by atoms with E-state index in [-0.39, 0.29) is 0 Å². The first-order valence-corrected chi connectivity index (χ1v) is 9.43. The molecule has 6 heteroatoms. The van der Waals surface area contributed by atoms with E-state index in [1.165, 1.54) is 17.7 Å². The van der Waals surface area contributed by atoms with Crippen LogP contribution >= 0.6 is 11.3 Å². The zero-order chi connectivity index (χ0) is 17.2. The number of nitrogens with one attached hydrogen (secondary N) is 2. The highest BCUT2D eigenvalue weighted by Gasteiger charge is 2.19. The van der Waals surface area contributed by atoms with Gasteiger partial charge in [-0.2, -0.15) is 0 Å². The molecule has 0 radical (unpaired) electrons. The van der Waals surface area contributed by atoms with Crippen molar-refractivity contribution in [2.45, 2.75) is 25.7 Å². The summed E-state index contributed by atoms with van der Waals surface area (Å²) >= 11 is 1.64. The van der Waals surface area contributed by atoms with Gasteiger partial charge in [-0.25, -0.2) is 9.97 Å². The Kier molecular flexibility index (Phi) is 4.55. The van der Waals surface area contributed by atoms with E-state index in [0.29, 0.717) is 5.92 Å². The van der Waals surface area contributed by atoms with E-state index in [9.17, 15) is 0 Å². The van der Waals surface area contributed by atoms with E-state index in [4.69, 9.17) is 9.72 Å². The summed E-state index contributed by atoms with van der Waals surface area (Å²) in [5.74, 6) is 2.18. The van der Waals surface area contributed by atoms with Crippen LogP contribution in [0.1, 0.15) is 29.3 Å². The highest BCUT2D eigenvalue weighted by Crippen LogP contribution is 2.33. The molecule has 130 valence electrons. The summed E-state index contributed by atoms with van der Waals surface area (Å²) in [6, 6.07) is 8.32. The Morgan fingerprint density at radius 2 is 2.24 bits per heavy atom. The third-order valence-electron chi connectivity index (χ3n) is 4.62. The molecule has 1 aliphatic heterocycles. The van der Waals surface area contributed by atoms with Gasteiger partial charge >= 0.3 is 0 Å². The van der Waals surface area contributed by atoms with E-state index >= 15 is 0 Å². The number of fused-ring (bicyclic) bond motifs is 1. The molecule has 4 rings (SSSR count). The van der Waals surface area contributed by atoms with Crippen molar-refractivity contribution in [1.29, 1.82) is 0 Å². The number of rotatable bonds is 4. The fraction of sp³-hybridized carbons (Fsp3) is 0.368. The predicted octanol–water partition coefficient (Wildman–Crippen LogP) is 4.22. The van der Waals surface area contributed by atoms with Gasteiger partial charge < -0.3 is 15.4 Å². The molecule has 0 unspecified atom stereocenters. The molecule has 0 saturated carbocycles. The fourth-order valence-corrected chi connectivity index (χ4v) is 3.97. The second kappa shape index (κ2) is 6.98. The van der Waals surface area contributed by atoms with Gasteiger partial charge in [-0.1, -0.05) is 0 Å². The quantitative estimate of drug-likeness (QED) is 0.735. The number of nitrogens with zero attached hydrogens (tertiary/aromatic N) is 2. The molecule has 0 bridgehead atoms. The van der Waals surface area contributed by atoms with Crippen LogP contribution in [0, 0.1) is 6.92 Å². The molecular formula is C19H22N4OS. The van der Waals surface area contributed by atoms with Gasteiger partial charge in [0.05, 0.1) is 7.11 Å². The molecule has 0 aliphatic carbocycles. The lowest BCUT2D eigenvalue weighted by Gasteiger charge is -2.23. The Morgan fingerprint density at radius 1 is 1.32 bits per heavy atom. The Morgan fingerprint density at radius 3 is 2.96 bits per heavy atom. The number of aromatic nitrogens is 2. The first kappa shape index (κ1) is 16.3. The van der Waals surface area contributed by atoms with Crippen molar-refractivity contribution >= 4 is 33.1 Å². The number of pyridine rings is 1. The zero-order valence-corrected chi connectivity index (χ0v) is 15.3. The summed E-state index contributed by atoms with van der Waals surface area (Å²) in [5.41, 5.74) is 1.13. The summed E-state index contributed by atoms with van der Waals surface area (Å²) in [4.78, 5) is 10.6. The van der Waals surface area contributed by atoms with Gasteiger partial charge in [0.15, 0.2) is 5.13 Å². The standard InChI is InChI=1S/C19H22N4OS/c1-12-10-21-19(25-12)23-18-16-6-5-15(24-2)8-14(16)9-17(22-18)13-4-3-7-20-11-13/h5-6,8-10,13,20H,3-4,7,11H2,1-2H3,(H,21,22,23)/t13-/m0/s1. The lowest BCUT2D eigenvalue weighted by atomic mass is 9.94. The van der Waals surface area contributed by atoms with Crippen LogP contribution in [0.25, 0.3) is 10.8 Å². The van der Waals surface area contributed by atoms with Crippen LogP contribution < -0.4 is 15.4 Å². The normalized spacial score (nSPS) is 17.6. The molecule has 3 aromatic rings. The van der Waals surface area contributed by atoms with Crippen LogP contribution in [-0.2, 0) is 0 Å². The second-order valence-electron chi connectivity index (χ2n) is 6.43. The van der Waals surface area contributed by atoms with Crippen molar-refractivity contribution in [1.82, 2.24) is 15.3 Å². The number of aryl methyl sites for hydroxylation is 1. The van der Waals surface area contributed by atoms with Gasteiger partial charge in [0.25, 0.3) is 0 Å². The summed E-state index contributed by atoms with van der Waals surface area (Å²) < 4.78 is 5.41. The lowest BCUT2D eigenvalue weighted by molar-refractivity contribution is 0.415. The van der Waals surface area contributed by atoms with Gasteiger partial charge in [0.2, 0.25) is 0 Å². The molecule has 1 fully saturated rings. The van der Waals surface area contributed by atoms with Gasteiger partial charge in [-0.3, -0.25) is 0 Å². The number of thiazole rings is 1. The van der Waals surface area contributed by atoms with Gasteiger partial charge in [-0.15, -0.1) is 11.3 Å². The Hall–Kier alpha value is -2.18. The van der Waals surface area contributed by atoms with Crippen molar-refractivity contribution in [3.63, 3.8) is 0 Å². The number of ether oxygens (including phenoxy) is 1. The number of hydrogen-bond donors (Lipinski definition) is 2. The summed E-state index contributed by atoms with van der Waals surface area (Å²) in [6.07, 6.45) is 4.25. The topological polar surface area (TPSA) is 59.1 Å². The van der Waals surface area contributed by atoms with Crippen LogP contribution in [0.5, 0.6) is 5.75 Å². The molecule has 1 aromatic carbocycles. The Balaban J connectivity index is 1.79. The zero-order valence-electron chi connectivity index (χ0n) is 14.5. The fourth-order valence-electron chi connectivity index (χ4n) is 3.31. The average molecular weight is 354 g/mol. The van der Waals surface area contributed by atoms with Gasteiger partial charge in [0.1, 0.15) is 11.6 Å². The molecule has 5 nitrogen and oxygen atoms in total. The van der Waals surface area contributed by atoms with Crippen LogP contribution in [-0.4, -0.2) is 30.2 Å². The Bertz CT molecular complexity index is 886. The summed E-state index contributed by atoms with van der Waals surface area (Å²) in [5, 5.41) is 10.0. The SMILES string of the molecule is COc1ccc2c(Nc3ncc(C)s3)nc([C@H]3CCCNC3)cc2c1. The molecule has 0 spiro atoms. The maximum absolute atomic E-state index is 5.41. The van der Waals surface area contributed by atoms with E-state index in [2.05, 4.69) is 40.7 Å². The third kappa shape index (κ3) is 3.45. The first-order valence-electron chi connectivity index (χ1n) is 8.62. The molecular weight excluding hydrogens is 332 g/mol. The van der Waals surface area contributed by atoms with Crippen LogP contribution in [0.2, 0.25) is 0 Å². The van der Waals surface area contributed by atoms with Crippen molar-refractivity contribution in [2.24, 2.45) is 0 Å². The van der Waals surface area contributed by atoms with Crippen molar-refractivity contribution < 1.29 is 4.74 Å². The minimum Gasteiger partial charge on any atom is -0.497 e. The highest BCUT2D eigenvalue weighted by atomic mass is 32.1. The third-order valence-corrected chi connectivity index (χ3v) is 5.45. The van der Waals surface area contributed by atoms with Crippen molar-refractivity contribution in [3.05, 3.63) is 41.0 Å². The summed E-state index contributed by atoms with van der Waals surface area (Å²) in [7, 11) is 1.70. The average Bonchev–Trinajstić information content (AvgIpc) is 3.06. The lowest BCUT2D eigenvalue weighted by Crippen LogP contribution is -2.28. The smallest absolute Gasteiger partial charge is 0.188 e. The molecule has 3 heterocycles. The monoisotopic (exact) mass is 354 g/mol. The molecule has 1 aliphatic rings. The number of benzene rings is 1. The second-order valence-corrected chi connectivity index (χ2v) is 7.66. The van der Waals surface area contributed by atoms with Gasteiger partial charge in [0, 0.05) is 34.6 Å². The predicted molar refractivity (Wildman–Crippen MR) is 103 cm³/mol. The van der Waals surface area contributed by atoms with Crippen LogP contribution in [0.4, 0.5) is 10.9 Å². The maximum atomic E-state index is 5.41. The largest absolute Gasteiger partial charge is 0.497 e. The molecule has 0 amide bonds. The Labute approximate surface area is 151 Å². The van der Waals surface area contributed by atoms with Crippen molar-refractivity contribution in [2.75, 3.05) is 25.5 Å². The van der Waals surface area contributed by atoms with Crippen LogP contribution in [0.3, 0.4) is 0 Å². The molecule has 1 saturated heterocycles. The van der Waals surface area contributed by atoms with E-state index in [1.54, 1.807) is 18.4 Å². The minimum absolute atomic E-state index is 0.447. The van der Waals surface area contributed by atoms with E-state index in [0.717, 1.165) is 46.3 Å². The number of anilines is 2. The highest BCUT2D eigenvalue weighted by molar-refractivity contribution is 7.15.